The van der Waals surface area contributed by atoms with Crippen molar-refractivity contribution in [1.82, 2.24) is 19.7 Å². The first-order valence-corrected chi connectivity index (χ1v) is 10.1. The fraction of sp³-hybridized carbons (Fsp3) is 0.333. The lowest BCUT2D eigenvalue weighted by Crippen LogP contribution is -2.35. The first-order chi connectivity index (χ1) is 14.4. The van der Waals surface area contributed by atoms with Crippen LogP contribution >= 0.6 is 11.6 Å². The Labute approximate surface area is 178 Å². The summed E-state index contributed by atoms with van der Waals surface area (Å²) in [6.07, 6.45) is 3.09. The number of nitrogens with one attached hydrogen (secondary N) is 1. The van der Waals surface area contributed by atoms with Crippen molar-refractivity contribution in [3.63, 3.8) is 0 Å². The molecule has 156 valence electrons. The van der Waals surface area contributed by atoms with Crippen molar-refractivity contribution in [3.8, 4) is 0 Å². The summed E-state index contributed by atoms with van der Waals surface area (Å²) in [5.41, 5.74) is 1.33. The van der Waals surface area contributed by atoms with Crippen LogP contribution in [0, 0.1) is 5.92 Å². The number of aliphatic hydroxyl groups is 2. The average Bonchev–Trinajstić information content (AvgIpc) is 3.23. The average molecular weight is 428 g/mol. The number of aliphatic hydroxyl groups excluding tert-OH is 2. The quantitative estimate of drug-likeness (QED) is 0.516. The van der Waals surface area contributed by atoms with E-state index in [2.05, 4.69) is 20.4 Å². The second-order valence-corrected chi connectivity index (χ2v) is 7.98. The topological polar surface area (TPSA) is 113 Å². The summed E-state index contributed by atoms with van der Waals surface area (Å²) >= 11 is 6.30. The molecule has 0 spiro atoms. The molecule has 0 bridgehead atoms. The summed E-state index contributed by atoms with van der Waals surface area (Å²) in [4.78, 5) is 21.3. The molecule has 0 unspecified atom stereocenters. The van der Waals surface area contributed by atoms with Crippen molar-refractivity contribution in [2.24, 2.45) is 5.92 Å². The van der Waals surface area contributed by atoms with Gasteiger partial charge >= 0.3 is 0 Å². The third-order valence-corrected chi connectivity index (χ3v) is 5.65. The van der Waals surface area contributed by atoms with Crippen LogP contribution in [0.2, 0.25) is 5.02 Å². The number of hydrogen-bond acceptors (Lipinski definition) is 7. The predicted octanol–water partition coefficient (Wildman–Crippen LogP) is 2.15. The van der Waals surface area contributed by atoms with Crippen LogP contribution in [0.25, 0.3) is 0 Å². The van der Waals surface area contributed by atoms with E-state index >= 15 is 0 Å². The molecule has 0 saturated heterocycles. The van der Waals surface area contributed by atoms with Crippen LogP contribution in [-0.4, -0.2) is 54.0 Å². The largest absolute Gasteiger partial charge is 0.390 e. The van der Waals surface area contributed by atoms with Crippen molar-refractivity contribution in [1.29, 1.82) is 0 Å². The minimum atomic E-state index is -0.952. The molecule has 1 aliphatic carbocycles. The van der Waals surface area contributed by atoms with Gasteiger partial charge in [-0.2, -0.15) is 5.10 Å². The number of ketones is 1. The van der Waals surface area contributed by atoms with E-state index in [0.717, 1.165) is 5.56 Å². The molecule has 3 N–H and O–H groups in total. The molecule has 0 radical (unpaired) electrons. The highest BCUT2D eigenvalue weighted by Gasteiger charge is 2.39. The van der Waals surface area contributed by atoms with Crippen molar-refractivity contribution >= 4 is 23.2 Å². The molecule has 3 aromatic rings. The lowest BCUT2D eigenvalue weighted by atomic mass is 10.1. The minimum absolute atomic E-state index is 0.0679. The molecule has 1 saturated carbocycles. The van der Waals surface area contributed by atoms with E-state index in [0.29, 0.717) is 13.0 Å². The van der Waals surface area contributed by atoms with E-state index in [1.54, 1.807) is 10.9 Å². The standard InChI is InChI=1S/C21H22ClN5O3/c1-12-7-16(20(30)18(12)28)25-21-14(8-23-11-24-21)19(29)17-15(22)10-27(26-17)9-13-5-3-2-4-6-13/h2-6,8,10-12,16,18,20,28,30H,7,9H2,1H3,(H,23,24,25)/t12-,16-,18-,20+/m1/s1. The van der Waals surface area contributed by atoms with Crippen LogP contribution in [0.15, 0.2) is 49.1 Å². The zero-order chi connectivity index (χ0) is 21.3. The third kappa shape index (κ3) is 4.07. The number of benzene rings is 1. The van der Waals surface area contributed by atoms with Crippen LogP contribution in [0.5, 0.6) is 0 Å². The Morgan fingerprint density at radius 2 is 2.03 bits per heavy atom. The van der Waals surface area contributed by atoms with Gasteiger partial charge in [-0.15, -0.1) is 0 Å². The Kier molecular flexibility index (Phi) is 5.80. The Hall–Kier alpha value is -2.81. The summed E-state index contributed by atoms with van der Waals surface area (Å²) in [6, 6.07) is 9.29. The van der Waals surface area contributed by atoms with Crippen LogP contribution < -0.4 is 5.32 Å². The van der Waals surface area contributed by atoms with E-state index in [1.165, 1.54) is 12.5 Å². The second kappa shape index (κ2) is 8.51. The minimum Gasteiger partial charge on any atom is -0.390 e. The molecule has 1 fully saturated rings. The molecule has 2 aromatic heterocycles. The first-order valence-electron chi connectivity index (χ1n) is 9.68. The van der Waals surface area contributed by atoms with Crippen molar-refractivity contribution in [2.75, 3.05) is 5.32 Å². The van der Waals surface area contributed by atoms with E-state index in [1.807, 2.05) is 37.3 Å². The molecule has 0 amide bonds. The molecule has 2 heterocycles. The summed E-state index contributed by atoms with van der Waals surface area (Å²) in [5.74, 6) is -0.216. The van der Waals surface area contributed by atoms with Gasteiger partial charge in [0, 0.05) is 12.4 Å². The van der Waals surface area contributed by atoms with Crippen LogP contribution in [0.1, 0.15) is 35.0 Å². The Balaban J connectivity index is 1.57. The Morgan fingerprint density at radius 3 is 2.73 bits per heavy atom. The number of rotatable bonds is 6. The van der Waals surface area contributed by atoms with Gasteiger partial charge in [-0.3, -0.25) is 9.48 Å². The molecule has 1 aliphatic rings. The number of aromatic nitrogens is 4. The molecule has 0 aliphatic heterocycles. The summed E-state index contributed by atoms with van der Waals surface area (Å²) < 4.78 is 1.61. The van der Waals surface area contributed by atoms with Gasteiger partial charge in [-0.1, -0.05) is 48.9 Å². The Morgan fingerprint density at radius 1 is 1.27 bits per heavy atom. The highest BCUT2D eigenvalue weighted by atomic mass is 35.5. The molecular weight excluding hydrogens is 406 g/mol. The normalized spacial score (nSPS) is 23.5. The molecule has 4 rings (SSSR count). The number of hydrogen-bond donors (Lipinski definition) is 3. The molecule has 9 heteroatoms. The predicted molar refractivity (Wildman–Crippen MR) is 111 cm³/mol. The highest BCUT2D eigenvalue weighted by molar-refractivity contribution is 6.34. The molecular formula is C21H22ClN5O3. The number of anilines is 1. The number of halogens is 1. The van der Waals surface area contributed by atoms with Gasteiger partial charge in [0.1, 0.15) is 18.2 Å². The van der Waals surface area contributed by atoms with E-state index < -0.39 is 24.0 Å². The number of nitrogens with zero attached hydrogens (tertiary/aromatic N) is 4. The zero-order valence-electron chi connectivity index (χ0n) is 16.3. The summed E-state index contributed by atoms with van der Waals surface area (Å²) in [6.45, 7) is 2.34. The lowest BCUT2D eigenvalue weighted by molar-refractivity contribution is 0.0210. The zero-order valence-corrected chi connectivity index (χ0v) is 17.1. The third-order valence-electron chi connectivity index (χ3n) is 5.37. The maximum absolute atomic E-state index is 13.1. The molecule has 8 nitrogen and oxygen atoms in total. The summed E-state index contributed by atoms with van der Waals surface area (Å²) in [7, 11) is 0. The van der Waals surface area contributed by atoms with Crippen LogP contribution in [-0.2, 0) is 6.54 Å². The van der Waals surface area contributed by atoms with Gasteiger partial charge in [0.05, 0.1) is 29.3 Å². The first kappa shape index (κ1) is 20.5. The van der Waals surface area contributed by atoms with Crippen LogP contribution in [0.4, 0.5) is 5.82 Å². The van der Waals surface area contributed by atoms with Gasteiger partial charge in [0.2, 0.25) is 5.78 Å². The second-order valence-electron chi connectivity index (χ2n) is 7.57. The van der Waals surface area contributed by atoms with Gasteiger partial charge in [0.15, 0.2) is 5.69 Å². The van der Waals surface area contributed by atoms with E-state index in [4.69, 9.17) is 11.6 Å². The van der Waals surface area contributed by atoms with Gasteiger partial charge in [-0.05, 0) is 17.9 Å². The molecule has 4 atom stereocenters. The van der Waals surface area contributed by atoms with Crippen molar-refractivity contribution < 1.29 is 15.0 Å². The van der Waals surface area contributed by atoms with Crippen LogP contribution in [0.3, 0.4) is 0 Å². The number of carbonyl (C=O) groups is 1. The van der Waals surface area contributed by atoms with E-state index in [-0.39, 0.29) is 28.0 Å². The Bertz CT molecular complexity index is 1040. The monoisotopic (exact) mass is 427 g/mol. The van der Waals surface area contributed by atoms with Crippen molar-refractivity contribution in [3.05, 3.63) is 70.9 Å². The van der Waals surface area contributed by atoms with Gasteiger partial charge in [0.25, 0.3) is 0 Å². The molecule has 30 heavy (non-hydrogen) atoms. The van der Waals surface area contributed by atoms with Gasteiger partial charge < -0.3 is 15.5 Å². The fourth-order valence-corrected chi connectivity index (χ4v) is 3.95. The highest BCUT2D eigenvalue weighted by Crippen LogP contribution is 2.30. The number of carbonyl (C=O) groups excluding carboxylic acids is 1. The maximum Gasteiger partial charge on any atom is 0.220 e. The molecule has 1 aromatic carbocycles. The SMILES string of the molecule is C[C@@H]1C[C@@H](Nc2ncncc2C(=O)c2nn(Cc3ccccc3)cc2Cl)[C@H](O)[C@@H]1O. The van der Waals surface area contributed by atoms with Crippen molar-refractivity contribution in [2.45, 2.75) is 38.1 Å². The summed E-state index contributed by atoms with van der Waals surface area (Å²) in [5, 5.41) is 27.9. The lowest BCUT2D eigenvalue weighted by Gasteiger charge is -2.19. The smallest absolute Gasteiger partial charge is 0.220 e. The van der Waals surface area contributed by atoms with Gasteiger partial charge in [-0.25, -0.2) is 9.97 Å². The fourth-order valence-electron chi connectivity index (χ4n) is 3.71. The van der Waals surface area contributed by atoms with E-state index in [9.17, 15) is 15.0 Å². The maximum atomic E-state index is 13.1.